The molecule has 1 aromatic rings. The van der Waals surface area contributed by atoms with Crippen LogP contribution < -0.4 is 0 Å². The van der Waals surface area contributed by atoms with Crippen molar-refractivity contribution in [3.63, 3.8) is 0 Å². The maximum atomic E-state index is 13.3. The van der Waals surface area contributed by atoms with E-state index in [1.54, 1.807) is 24.3 Å². The van der Waals surface area contributed by atoms with Crippen LogP contribution in [0.1, 0.15) is 57.3 Å². The first-order valence-electron chi connectivity index (χ1n) is 7.09. The van der Waals surface area contributed by atoms with E-state index >= 15 is 0 Å². The molecule has 20 heavy (non-hydrogen) atoms. The molecule has 4 nitrogen and oxygen atoms in total. The third-order valence-electron chi connectivity index (χ3n) is 4.39. The van der Waals surface area contributed by atoms with Gasteiger partial charge in [-0.2, -0.15) is 4.81 Å². The Bertz CT molecular complexity index is 478. The van der Waals surface area contributed by atoms with E-state index in [1.165, 1.54) is 0 Å². The Morgan fingerprint density at radius 3 is 2.10 bits per heavy atom. The molecule has 0 spiro atoms. The first-order valence-corrected chi connectivity index (χ1v) is 7.09. The van der Waals surface area contributed by atoms with E-state index in [0.29, 0.717) is 5.56 Å². The molecule has 1 aliphatic heterocycles. The highest BCUT2D eigenvalue weighted by atomic mass is 16.9. The van der Waals surface area contributed by atoms with Crippen LogP contribution in [0.5, 0.6) is 0 Å². The maximum absolute atomic E-state index is 13.3. The average Bonchev–Trinajstić information content (AvgIpc) is 2.37. The van der Waals surface area contributed by atoms with Gasteiger partial charge in [-0.05, 0) is 46.2 Å². The van der Waals surface area contributed by atoms with Gasteiger partial charge in [0.25, 0.3) is 0 Å². The van der Waals surface area contributed by atoms with Crippen LogP contribution in [-0.2, 0) is 4.84 Å². The van der Waals surface area contributed by atoms with Crippen LogP contribution in [0.3, 0.4) is 0 Å². The van der Waals surface area contributed by atoms with Gasteiger partial charge in [0.05, 0.1) is 5.56 Å². The molecule has 0 aromatic heterocycles. The van der Waals surface area contributed by atoms with Gasteiger partial charge in [0.2, 0.25) is 0 Å². The van der Waals surface area contributed by atoms with Crippen molar-refractivity contribution < 1.29 is 14.4 Å². The molecule has 0 radical (unpaired) electrons. The smallest absolute Gasteiger partial charge is 0.397 e. The summed E-state index contributed by atoms with van der Waals surface area (Å²) in [7, 11) is 0. The van der Waals surface area contributed by atoms with Crippen molar-refractivity contribution in [3.8, 4) is 0 Å². The molecule has 1 saturated heterocycles. The van der Waals surface area contributed by atoms with Crippen molar-refractivity contribution >= 4 is 5.97 Å². The molecule has 0 bridgehead atoms. The number of rotatable bonds is 2. The molecule has 1 heterocycles. The number of hydrogen-bond donors (Lipinski definition) is 0. The van der Waals surface area contributed by atoms with Crippen LogP contribution in [0.4, 0.5) is 0 Å². The van der Waals surface area contributed by atoms with Gasteiger partial charge in [0.1, 0.15) is 11.1 Å². The predicted octanol–water partition coefficient (Wildman–Crippen LogP) is 3.81. The fraction of sp³-hybridized carbons (Fsp3) is 0.562. The minimum atomic E-state index is -0.923. The van der Waals surface area contributed by atoms with Crippen LogP contribution in [0, 0.1) is 5.21 Å². The Hall–Kier alpha value is -1.39. The van der Waals surface area contributed by atoms with Gasteiger partial charge < -0.3 is 5.21 Å². The number of quaternary nitrogens is 1. The van der Waals surface area contributed by atoms with Crippen molar-refractivity contribution in [2.24, 2.45) is 0 Å². The molecular weight excluding hydrogens is 254 g/mol. The molecule has 0 unspecified atom stereocenters. The van der Waals surface area contributed by atoms with E-state index < -0.39 is 21.9 Å². The third kappa shape index (κ3) is 2.34. The largest absolute Gasteiger partial charge is 0.588 e. The molecule has 110 valence electrons. The standard InChI is InChI=1S/C16H23NO3/c1-15(2)11-8-12-16(3,4)17(15,19)20-14(18)13-9-6-5-7-10-13/h5-7,9-10H,8,11-12H2,1-4H3. The average molecular weight is 277 g/mol. The Morgan fingerprint density at radius 2 is 1.60 bits per heavy atom. The third-order valence-corrected chi connectivity index (χ3v) is 4.39. The fourth-order valence-electron chi connectivity index (χ4n) is 3.06. The van der Waals surface area contributed by atoms with E-state index in [2.05, 4.69) is 0 Å². The Balaban J connectivity index is 2.31. The van der Waals surface area contributed by atoms with E-state index in [4.69, 9.17) is 4.84 Å². The van der Waals surface area contributed by atoms with Crippen LogP contribution in [0.25, 0.3) is 0 Å². The first-order chi connectivity index (χ1) is 9.20. The van der Waals surface area contributed by atoms with Crippen LogP contribution in [0.2, 0.25) is 0 Å². The summed E-state index contributed by atoms with van der Waals surface area (Å²) in [6.45, 7) is 7.50. The van der Waals surface area contributed by atoms with Crippen molar-refractivity contribution in [2.75, 3.05) is 0 Å². The van der Waals surface area contributed by atoms with Gasteiger partial charge in [-0.3, -0.25) is 4.84 Å². The Kier molecular flexibility index (Phi) is 3.65. The summed E-state index contributed by atoms with van der Waals surface area (Å²) in [6.07, 6.45) is 2.48. The van der Waals surface area contributed by atoms with Crippen LogP contribution >= 0.6 is 0 Å². The zero-order chi connectivity index (χ0) is 15.0. The summed E-state index contributed by atoms with van der Waals surface area (Å²) in [5.41, 5.74) is -0.851. The number of hydrogen-bond acceptors (Lipinski definition) is 3. The summed E-state index contributed by atoms with van der Waals surface area (Å²) in [5.74, 6) is -0.552. The summed E-state index contributed by atoms with van der Waals surface area (Å²) in [5, 5.41) is 13.3. The van der Waals surface area contributed by atoms with Gasteiger partial charge >= 0.3 is 5.97 Å². The SMILES string of the molecule is CC1(C)CCCC(C)(C)[N+]1([O-])OC(=O)c1ccccc1. The number of benzene rings is 1. The molecule has 2 rings (SSSR count). The van der Waals surface area contributed by atoms with Gasteiger partial charge in [0.15, 0.2) is 0 Å². The lowest BCUT2D eigenvalue weighted by Crippen LogP contribution is -2.70. The normalized spacial score (nSPS) is 23.1. The summed E-state index contributed by atoms with van der Waals surface area (Å²) >= 11 is 0. The van der Waals surface area contributed by atoms with Gasteiger partial charge in [-0.1, -0.05) is 18.2 Å². The molecule has 0 atom stereocenters. The second kappa shape index (κ2) is 4.86. The van der Waals surface area contributed by atoms with E-state index in [9.17, 15) is 10.0 Å². The molecule has 0 aliphatic carbocycles. The van der Waals surface area contributed by atoms with Crippen molar-refractivity contribution in [3.05, 3.63) is 41.1 Å². The Labute approximate surface area is 120 Å². The van der Waals surface area contributed by atoms with Gasteiger partial charge in [-0.15, -0.1) is 0 Å². The highest BCUT2D eigenvalue weighted by Crippen LogP contribution is 2.45. The molecule has 1 aromatic carbocycles. The lowest BCUT2D eigenvalue weighted by Gasteiger charge is -2.60. The number of carbonyl (C=O) groups is 1. The molecular formula is C16H23NO3. The summed E-state index contributed by atoms with van der Waals surface area (Å²) < 4.78 is 0. The van der Waals surface area contributed by atoms with Gasteiger partial charge in [-0.25, -0.2) is 4.79 Å². The lowest BCUT2D eigenvalue weighted by molar-refractivity contribution is -1.12. The molecule has 1 aliphatic rings. The number of piperidine rings is 1. The van der Waals surface area contributed by atoms with E-state index in [-0.39, 0.29) is 0 Å². The minimum Gasteiger partial charge on any atom is -0.588 e. The minimum absolute atomic E-state index is 0.415. The number of hydroxylamine groups is 4. The topological polar surface area (TPSA) is 49.4 Å². The highest BCUT2D eigenvalue weighted by Gasteiger charge is 2.55. The monoisotopic (exact) mass is 277 g/mol. The highest BCUT2D eigenvalue weighted by molar-refractivity contribution is 5.88. The quantitative estimate of drug-likeness (QED) is 0.610. The zero-order valence-corrected chi connectivity index (χ0v) is 12.7. The van der Waals surface area contributed by atoms with Crippen molar-refractivity contribution in [2.45, 2.75) is 58.0 Å². The summed E-state index contributed by atoms with van der Waals surface area (Å²) in [6, 6.07) is 8.68. The fourth-order valence-corrected chi connectivity index (χ4v) is 3.06. The predicted molar refractivity (Wildman–Crippen MR) is 77.5 cm³/mol. The molecule has 0 amide bonds. The number of carbonyl (C=O) groups excluding carboxylic acids is 1. The van der Waals surface area contributed by atoms with E-state index in [1.807, 2.05) is 33.8 Å². The number of nitrogens with zero attached hydrogens (tertiary/aromatic N) is 1. The molecule has 0 N–H and O–H groups in total. The van der Waals surface area contributed by atoms with Crippen molar-refractivity contribution in [1.82, 2.24) is 0 Å². The lowest BCUT2D eigenvalue weighted by atomic mass is 9.81. The summed E-state index contributed by atoms with van der Waals surface area (Å²) in [4.78, 5) is 16.8. The van der Waals surface area contributed by atoms with Crippen LogP contribution in [-0.4, -0.2) is 21.9 Å². The van der Waals surface area contributed by atoms with Crippen molar-refractivity contribution in [1.29, 1.82) is 0 Å². The maximum Gasteiger partial charge on any atom is 0.397 e. The van der Waals surface area contributed by atoms with Gasteiger partial charge in [0, 0.05) is 12.8 Å². The zero-order valence-electron chi connectivity index (χ0n) is 12.7. The Morgan fingerprint density at radius 1 is 1.10 bits per heavy atom. The van der Waals surface area contributed by atoms with E-state index in [0.717, 1.165) is 19.3 Å². The second-order valence-corrected chi connectivity index (χ2v) is 6.77. The molecule has 4 heteroatoms. The molecule has 1 fully saturated rings. The first kappa shape index (κ1) is 15.0. The molecule has 0 saturated carbocycles. The second-order valence-electron chi connectivity index (χ2n) is 6.77. The van der Waals surface area contributed by atoms with Crippen LogP contribution in [0.15, 0.2) is 30.3 Å².